The summed E-state index contributed by atoms with van der Waals surface area (Å²) in [4.78, 5) is 25.6. The molecule has 1 aromatic rings. The molecule has 108 valence electrons. The molecule has 1 saturated heterocycles. The molecule has 0 spiro atoms. The average molecular weight is 341 g/mol. The number of ether oxygens (including phenoxy) is 1. The molecule has 0 saturated carbocycles. The Labute approximate surface area is 126 Å². The highest BCUT2D eigenvalue weighted by molar-refractivity contribution is 9.10. The van der Waals surface area contributed by atoms with Crippen LogP contribution in [0.3, 0.4) is 0 Å². The largest absolute Gasteiger partial charge is 0.452 e. The van der Waals surface area contributed by atoms with Gasteiger partial charge in [0, 0.05) is 23.2 Å². The number of amides is 1. The molecular formula is C14H17BrN2O3. The highest BCUT2D eigenvalue weighted by atomic mass is 79.9. The van der Waals surface area contributed by atoms with Crippen molar-refractivity contribution in [2.75, 3.05) is 25.4 Å². The number of nitrogens with two attached hydrogens (primary N) is 1. The Morgan fingerprint density at radius 2 is 2.00 bits per heavy atom. The molecule has 6 heteroatoms. The number of likely N-dealkylation sites (tertiary alicyclic amines) is 1. The predicted octanol–water partition coefficient (Wildman–Crippen LogP) is 2.12. The van der Waals surface area contributed by atoms with E-state index in [0.717, 1.165) is 25.9 Å². The highest BCUT2D eigenvalue weighted by Gasteiger charge is 2.20. The number of hydrogen-bond donors (Lipinski definition) is 1. The fourth-order valence-electron chi connectivity index (χ4n) is 2.17. The number of carbonyl (C=O) groups excluding carboxylic acids is 2. The summed E-state index contributed by atoms with van der Waals surface area (Å²) in [5.74, 6) is -0.667. The molecule has 1 amide bonds. The van der Waals surface area contributed by atoms with E-state index < -0.39 is 5.97 Å². The Hall–Kier alpha value is -1.56. The van der Waals surface area contributed by atoms with E-state index >= 15 is 0 Å². The van der Waals surface area contributed by atoms with Crippen LogP contribution in [0.1, 0.15) is 28.8 Å². The number of nitrogen functional groups attached to an aromatic ring is 1. The fraction of sp³-hybridized carbons (Fsp3) is 0.429. The Morgan fingerprint density at radius 1 is 1.35 bits per heavy atom. The minimum absolute atomic E-state index is 0.142. The molecule has 1 aromatic carbocycles. The molecule has 0 atom stereocenters. The van der Waals surface area contributed by atoms with Gasteiger partial charge in [0.05, 0.1) is 5.56 Å². The number of halogens is 1. The first-order valence-corrected chi connectivity index (χ1v) is 7.29. The van der Waals surface area contributed by atoms with E-state index in [2.05, 4.69) is 15.9 Å². The number of nitrogens with zero attached hydrogens (tertiary/aromatic N) is 1. The topological polar surface area (TPSA) is 72.6 Å². The van der Waals surface area contributed by atoms with E-state index in [0.29, 0.717) is 21.3 Å². The van der Waals surface area contributed by atoms with Crippen LogP contribution in [0.15, 0.2) is 16.6 Å². The van der Waals surface area contributed by atoms with Crippen molar-refractivity contribution >= 4 is 33.5 Å². The number of esters is 1. The van der Waals surface area contributed by atoms with Crippen LogP contribution in [-0.4, -0.2) is 36.5 Å². The molecule has 1 aliphatic heterocycles. The maximum Gasteiger partial charge on any atom is 0.339 e. The zero-order valence-electron chi connectivity index (χ0n) is 11.3. The normalized spacial score (nSPS) is 14.4. The molecule has 1 heterocycles. The molecule has 0 bridgehead atoms. The number of rotatable bonds is 3. The minimum atomic E-state index is -0.525. The average Bonchev–Trinajstić information content (AvgIpc) is 2.93. The van der Waals surface area contributed by atoms with Crippen molar-refractivity contribution in [1.82, 2.24) is 4.90 Å². The second-order valence-electron chi connectivity index (χ2n) is 4.83. The van der Waals surface area contributed by atoms with Crippen molar-refractivity contribution in [3.63, 3.8) is 0 Å². The van der Waals surface area contributed by atoms with Crippen LogP contribution in [-0.2, 0) is 9.53 Å². The Bertz CT molecular complexity index is 539. The van der Waals surface area contributed by atoms with E-state index in [9.17, 15) is 9.59 Å². The fourth-order valence-corrected chi connectivity index (χ4v) is 2.65. The Balaban J connectivity index is 2.00. The lowest BCUT2D eigenvalue weighted by Crippen LogP contribution is -2.32. The van der Waals surface area contributed by atoms with Gasteiger partial charge in [-0.15, -0.1) is 0 Å². The van der Waals surface area contributed by atoms with Gasteiger partial charge in [0.15, 0.2) is 6.61 Å². The number of benzene rings is 1. The summed E-state index contributed by atoms with van der Waals surface area (Å²) in [6.07, 6.45) is 2.03. The third kappa shape index (κ3) is 3.30. The van der Waals surface area contributed by atoms with Crippen LogP contribution >= 0.6 is 15.9 Å². The summed E-state index contributed by atoms with van der Waals surface area (Å²) in [5.41, 5.74) is 7.35. The van der Waals surface area contributed by atoms with Crippen molar-refractivity contribution in [2.24, 2.45) is 0 Å². The molecule has 5 nitrogen and oxygen atoms in total. The van der Waals surface area contributed by atoms with E-state index in [1.54, 1.807) is 24.0 Å². The van der Waals surface area contributed by atoms with Crippen LogP contribution in [0.2, 0.25) is 0 Å². The summed E-state index contributed by atoms with van der Waals surface area (Å²) < 4.78 is 5.79. The van der Waals surface area contributed by atoms with Crippen LogP contribution in [0, 0.1) is 6.92 Å². The van der Waals surface area contributed by atoms with Gasteiger partial charge in [0.25, 0.3) is 5.91 Å². The van der Waals surface area contributed by atoms with Crippen LogP contribution < -0.4 is 5.73 Å². The molecule has 0 radical (unpaired) electrons. The maximum atomic E-state index is 12.0. The minimum Gasteiger partial charge on any atom is -0.452 e. The highest BCUT2D eigenvalue weighted by Crippen LogP contribution is 2.23. The van der Waals surface area contributed by atoms with Gasteiger partial charge >= 0.3 is 5.97 Å². The predicted molar refractivity (Wildman–Crippen MR) is 79.4 cm³/mol. The summed E-state index contributed by atoms with van der Waals surface area (Å²) >= 11 is 3.29. The van der Waals surface area contributed by atoms with E-state index in [-0.39, 0.29) is 12.5 Å². The Morgan fingerprint density at radius 3 is 2.65 bits per heavy atom. The molecule has 0 aliphatic carbocycles. The summed E-state index contributed by atoms with van der Waals surface area (Å²) in [7, 11) is 0. The van der Waals surface area contributed by atoms with Gasteiger partial charge in [0.2, 0.25) is 0 Å². The number of carbonyl (C=O) groups is 2. The summed E-state index contributed by atoms with van der Waals surface area (Å²) in [5, 5.41) is 0. The van der Waals surface area contributed by atoms with Gasteiger partial charge in [-0.25, -0.2) is 4.79 Å². The number of anilines is 1. The maximum absolute atomic E-state index is 12.0. The van der Waals surface area contributed by atoms with Crippen LogP contribution in [0.5, 0.6) is 0 Å². The van der Waals surface area contributed by atoms with Gasteiger partial charge < -0.3 is 15.4 Å². The molecular weight excluding hydrogens is 324 g/mol. The van der Waals surface area contributed by atoms with Gasteiger partial charge in [0.1, 0.15) is 0 Å². The number of hydrogen-bond acceptors (Lipinski definition) is 4. The summed E-state index contributed by atoms with van der Waals surface area (Å²) in [6.45, 7) is 3.03. The SMILES string of the molecule is Cc1c(N)cc(Br)cc1C(=O)OCC(=O)N1CCCC1. The first-order valence-electron chi connectivity index (χ1n) is 6.49. The van der Waals surface area contributed by atoms with Crippen molar-refractivity contribution in [1.29, 1.82) is 0 Å². The zero-order valence-corrected chi connectivity index (χ0v) is 12.9. The van der Waals surface area contributed by atoms with E-state index in [1.165, 1.54) is 0 Å². The van der Waals surface area contributed by atoms with Crippen LogP contribution in [0.4, 0.5) is 5.69 Å². The van der Waals surface area contributed by atoms with Gasteiger partial charge in [-0.1, -0.05) is 15.9 Å². The van der Waals surface area contributed by atoms with Gasteiger partial charge in [-0.3, -0.25) is 4.79 Å². The lowest BCUT2D eigenvalue weighted by Gasteiger charge is -2.15. The third-order valence-corrected chi connectivity index (χ3v) is 3.88. The van der Waals surface area contributed by atoms with E-state index in [1.807, 2.05) is 0 Å². The standard InChI is InChI=1S/C14H17BrN2O3/c1-9-11(6-10(15)7-12(9)16)14(19)20-8-13(18)17-4-2-3-5-17/h6-7H,2-5,8,16H2,1H3. The molecule has 1 aliphatic rings. The molecule has 1 fully saturated rings. The van der Waals surface area contributed by atoms with Gasteiger partial charge in [-0.05, 0) is 37.5 Å². The quantitative estimate of drug-likeness (QED) is 0.675. The lowest BCUT2D eigenvalue weighted by molar-refractivity contribution is -0.133. The molecule has 2 rings (SSSR count). The summed E-state index contributed by atoms with van der Waals surface area (Å²) in [6, 6.07) is 3.37. The lowest BCUT2D eigenvalue weighted by atomic mass is 10.1. The van der Waals surface area contributed by atoms with Crippen LogP contribution in [0.25, 0.3) is 0 Å². The molecule has 2 N–H and O–H groups in total. The van der Waals surface area contributed by atoms with Gasteiger partial charge in [-0.2, -0.15) is 0 Å². The Kier molecular flexibility index (Phi) is 4.65. The first kappa shape index (κ1) is 14.8. The second-order valence-corrected chi connectivity index (χ2v) is 5.75. The molecule has 0 aromatic heterocycles. The smallest absolute Gasteiger partial charge is 0.339 e. The third-order valence-electron chi connectivity index (χ3n) is 3.42. The van der Waals surface area contributed by atoms with Crippen molar-refractivity contribution in [2.45, 2.75) is 19.8 Å². The van der Waals surface area contributed by atoms with Crippen molar-refractivity contribution in [3.8, 4) is 0 Å². The van der Waals surface area contributed by atoms with Crippen molar-refractivity contribution < 1.29 is 14.3 Å². The monoisotopic (exact) mass is 340 g/mol. The molecule has 20 heavy (non-hydrogen) atoms. The van der Waals surface area contributed by atoms with Crippen molar-refractivity contribution in [3.05, 3.63) is 27.7 Å². The molecule has 0 unspecified atom stereocenters. The second kappa shape index (κ2) is 6.26. The zero-order chi connectivity index (χ0) is 14.7. The van der Waals surface area contributed by atoms with E-state index in [4.69, 9.17) is 10.5 Å². The first-order chi connectivity index (χ1) is 9.49.